The van der Waals surface area contributed by atoms with Crippen LogP contribution in [0.15, 0.2) is 36.5 Å². The molecule has 0 saturated heterocycles. The number of amides is 2. The highest BCUT2D eigenvalue weighted by atomic mass is 35.5. The van der Waals surface area contributed by atoms with Crippen LogP contribution < -0.4 is 20.7 Å². The highest BCUT2D eigenvalue weighted by molar-refractivity contribution is 7.80. The van der Waals surface area contributed by atoms with Crippen molar-refractivity contribution in [3.63, 3.8) is 0 Å². The van der Waals surface area contributed by atoms with E-state index in [0.717, 1.165) is 23.6 Å². The van der Waals surface area contributed by atoms with E-state index < -0.39 is 24.6 Å². The van der Waals surface area contributed by atoms with Gasteiger partial charge in [-0.05, 0) is 61.8 Å². The Balaban J connectivity index is 1.58. The summed E-state index contributed by atoms with van der Waals surface area (Å²) in [6.07, 6.45) is -1.50. The fourth-order valence-electron chi connectivity index (χ4n) is 3.33. The van der Waals surface area contributed by atoms with Crippen LogP contribution >= 0.6 is 35.4 Å². The third-order valence-electron chi connectivity index (χ3n) is 5.17. The lowest BCUT2D eigenvalue weighted by Crippen LogP contribution is -2.36. The Hall–Kier alpha value is -3.42. The lowest BCUT2D eigenvalue weighted by molar-refractivity contribution is -0.154. The summed E-state index contributed by atoms with van der Waals surface area (Å²) in [6.45, 7) is 0.0808. The van der Waals surface area contributed by atoms with Gasteiger partial charge in [-0.15, -0.1) is 5.10 Å². The molecule has 2 aromatic heterocycles. The second-order valence-electron chi connectivity index (χ2n) is 8.29. The molecule has 9 nitrogen and oxygen atoms in total. The first-order chi connectivity index (χ1) is 17.9. The van der Waals surface area contributed by atoms with Gasteiger partial charge in [0.1, 0.15) is 5.69 Å². The van der Waals surface area contributed by atoms with Gasteiger partial charge in [-0.2, -0.15) is 13.2 Å². The maximum Gasteiger partial charge on any atom is 0.422 e. The SMILES string of the molecule is Cc1cc(Cl)cc(C(=O)NC2CC2)c1NC(=S)NC(=O)c1cc(OCC(F)(F)F)nn1-c1ncccc1Cl. The summed E-state index contributed by atoms with van der Waals surface area (Å²) >= 11 is 17.6. The van der Waals surface area contributed by atoms with Crippen LogP contribution in [0.5, 0.6) is 5.88 Å². The number of aromatic nitrogens is 3. The number of halogens is 5. The minimum Gasteiger partial charge on any atom is -0.467 e. The predicted molar refractivity (Wildman–Crippen MR) is 138 cm³/mol. The van der Waals surface area contributed by atoms with Crippen molar-refractivity contribution in [2.75, 3.05) is 11.9 Å². The number of thiocarbonyl (C=S) groups is 1. The van der Waals surface area contributed by atoms with Crippen molar-refractivity contribution >= 4 is 58.0 Å². The van der Waals surface area contributed by atoms with E-state index in [1.165, 1.54) is 24.4 Å². The van der Waals surface area contributed by atoms with E-state index in [9.17, 15) is 22.8 Å². The van der Waals surface area contributed by atoms with Crippen LogP contribution in [0.25, 0.3) is 5.82 Å². The minimum atomic E-state index is -4.62. The first-order valence-corrected chi connectivity index (χ1v) is 12.2. The quantitative estimate of drug-likeness (QED) is 0.340. The topological polar surface area (TPSA) is 110 Å². The number of carbonyl (C=O) groups is 2. The summed E-state index contributed by atoms with van der Waals surface area (Å²) in [7, 11) is 0. The van der Waals surface area contributed by atoms with Crippen molar-refractivity contribution in [1.82, 2.24) is 25.4 Å². The molecule has 38 heavy (non-hydrogen) atoms. The summed E-state index contributed by atoms with van der Waals surface area (Å²) in [6, 6.07) is 7.17. The zero-order chi connectivity index (χ0) is 27.6. The van der Waals surface area contributed by atoms with Gasteiger partial charge < -0.3 is 15.4 Å². The number of alkyl halides is 3. The molecule has 1 aliphatic carbocycles. The highest BCUT2D eigenvalue weighted by Gasteiger charge is 2.30. The zero-order valence-corrected chi connectivity index (χ0v) is 21.9. The van der Waals surface area contributed by atoms with E-state index in [-0.39, 0.29) is 39.2 Å². The Bertz CT molecular complexity index is 1410. The van der Waals surface area contributed by atoms with Gasteiger partial charge in [-0.3, -0.25) is 14.9 Å². The molecule has 0 aliphatic heterocycles. The average molecular weight is 587 g/mol. The minimum absolute atomic E-state index is 0.0207. The van der Waals surface area contributed by atoms with Gasteiger partial charge >= 0.3 is 6.18 Å². The molecule has 1 fully saturated rings. The fraction of sp³-hybridized carbons (Fsp3) is 0.261. The fourth-order valence-corrected chi connectivity index (χ4v) is 4.00. The van der Waals surface area contributed by atoms with E-state index in [1.807, 2.05) is 0 Å². The van der Waals surface area contributed by atoms with Crippen molar-refractivity contribution in [2.45, 2.75) is 32.0 Å². The summed E-state index contributed by atoms with van der Waals surface area (Å²) in [5, 5.41) is 12.3. The Morgan fingerprint density at radius 3 is 2.61 bits per heavy atom. The number of ether oxygens (including phenoxy) is 1. The van der Waals surface area contributed by atoms with Gasteiger partial charge in [0.2, 0.25) is 5.88 Å². The highest BCUT2D eigenvalue weighted by Crippen LogP contribution is 2.28. The van der Waals surface area contributed by atoms with Gasteiger partial charge in [-0.1, -0.05) is 23.2 Å². The van der Waals surface area contributed by atoms with Gasteiger partial charge in [-0.25, -0.2) is 9.67 Å². The van der Waals surface area contributed by atoms with Gasteiger partial charge in [0.25, 0.3) is 11.8 Å². The number of pyridine rings is 1. The monoisotopic (exact) mass is 586 g/mol. The van der Waals surface area contributed by atoms with Crippen LogP contribution in [-0.4, -0.2) is 50.5 Å². The van der Waals surface area contributed by atoms with E-state index in [0.29, 0.717) is 16.3 Å². The summed E-state index contributed by atoms with van der Waals surface area (Å²) in [5.74, 6) is -1.72. The Morgan fingerprint density at radius 1 is 1.21 bits per heavy atom. The van der Waals surface area contributed by atoms with E-state index in [2.05, 4.69) is 26.0 Å². The van der Waals surface area contributed by atoms with Crippen molar-refractivity contribution in [3.05, 3.63) is 63.4 Å². The maximum absolute atomic E-state index is 13.1. The maximum atomic E-state index is 13.1. The molecule has 1 saturated carbocycles. The number of anilines is 1. The molecule has 1 aliphatic rings. The molecule has 0 bridgehead atoms. The third-order valence-corrected chi connectivity index (χ3v) is 5.88. The largest absolute Gasteiger partial charge is 0.467 e. The molecule has 200 valence electrons. The first kappa shape index (κ1) is 27.6. The molecule has 0 atom stereocenters. The van der Waals surface area contributed by atoms with Crippen molar-refractivity contribution in [2.24, 2.45) is 0 Å². The third kappa shape index (κ3) is 6.91. The average Bonchev–Trinajstić information content (AvgIpc) is 3.54. The Labute approximate surface area is 229 Å². The molecule has 3 N–H and O–H groups in total. The molecule has 0 radical (unpaired) electrons. The molecule has 1 aromatic carbocycles. The van der Waals surface area contributed by atoms with Crippen LogP contribution in [0.3, 0.4) is 0 Å². The molecule has 15 heteroatoms. The van der Waals surface area contributed by atoms with Gasteiger partial charge in [0.15, 0.2) is 17.5 Å². The lowest BCUT2D eigenvalue weighted by atomic mass is 10.1. The summed E-state index contributed by atoms with van der Waals surface area (Å²) in [5.41, 5.74) is 0.884. The van der Waals surface area contributed by atoms with E-state index in [1.54, 1.807) is 13.0 Å². The van der Waals surface area contributed by atoms with E-state index in [4.69, 9.17) is 40.2 Å². The number of carbonyl (C=O) groups excluding carboxylic acids is 2. The van der Waals surface area contributed by atoms with Crippen LogP contribution in [0.2, 0.25) is 10.0 Å². The molecular weight excluding hydrogens is 568 g/mol. The zero-order valence-electron chi connectivity index (χ0n) is 19.5. The molecule has 2 heterocycles. The number of aryl methyl sites for hydroxylation is 1. The van der Waals surface area contributed by atoms with Gasteiger partial charge in [0, 0.05) is 23.3 Å². The smallest absolute Gasteiger partial charge is 0.422 e. The number of hydrogen-bond acceptors (Lipinski definition) is 6. The lowest BCUT2D eigenvalue weighted by Gasteiger charge is -2.16. The van der Waals surface area contributed by atoms with Gasteiger partial charge in [0.05, 0.1) is 16.3 Å². The normalized spacial score (nSPS) is 13.1. The van der Waals surface area contributed by atoms with Crippen molar-refractivity contribution < 1.29 is 27.5 Å². The van der Waals surface area contributed by atoms with Crippen molar-refractivity contribution in [3.8, 4) is 11.7 Å². The van der Waals surface area contributed by atoms with Crippen molar-refractivity contribution in [1.29, 1.82) is 0 Å². The molecular formula is C23H19Cl2F3N6O3S. The molecule has 3 aromatic rings. The predicted octanol–water partition coefficient (Wildman–Crippen LogP) is 4.84. The van der Waals surface area contributed by atoms with Crippen LogP contribution in [0.4, 0.5) is 18.9 Å². The standard InChI is InChI=1S/C23H19Cl2F3N6O3S/c1-11-7-12(24)8-14(20(35)30-13-4-5-13)18(11)31-22(38)32-21(36)16-9-17(37-10-23(26,27)28)33-34(16)19-15(25)3-2-6-29-19/h2-3,6-9,13H,4-5,10H2,1H3,(H,30,35)(H2,31,32,36,38). The Kier molecular flexibility index (Phi) is 8.09. The van der Waals surface area contributed by atoms with Crippen LogP contribution in [0, 0.1) is 6.92 Å². The number of nitrogens with zero attached hydrogens (tertiary/aromatic N) is 3. The summed E-state index contributed by atoms with van der Waals surface area (Å²) in [4.78, 5) is 29.9. The summed E-state index contributed by atoms with van der Waals surface area (Å²) < 4.78 is 43.6. The number of rotatable bonds is 7. The van der Waals surface area contributed by atoms with Crippen LogP contribution in [0.1, 0.15) is 39.3 Å². The van der Waals surface area contributed by atoms with Crippen LogP contribution in [-0.2, 0) is 0 Å². The Morgan fingerprint density at radius 2 is 1.95 bits per heavy atom. The molecule has 4 rings (SSSR count). The first-order valence-electron chi connectivity index (χ1n) is 11.0. The second kappa shape index (κ2) is 11.1. The van der Waals surface area contributed by atoms with E-state index >= 15 is 0 Å². The number of hydrogen-bond donors (Lipinski definition) is 3. The molecule has 0 unspecified atom stereocenters. The second-order valence-corrected chi connectivity index (χ2v) is 9.55. The number of nitrogens with one attached hydrogen (secondary N) is 3. The molecule has 0 spiro atoms. The molecule has 2 amide bonds. The number of benzene rings is 1.